The number of benzene rings is 3. The van der Waals surface area contributed by atoms with Crippen molar-refractivity contribution in [3.63, 3.8) is 0 Å². The second kappa shape index (κ2) is 9.71. The van der Waals surface area contributed by atoms with Gasteiger partial charge in [-0.25, -0.2) is 0 Å². The summed E-state index contributed by atoms with van der Waals surface area (Å²) >= 11 is 6.52. The summed E-state index contributed by atoms with van der Waals surface area (Å²) in [4.78, 5) is 28.5. The van der Waals surface area contributed by atoms with Crippen molar-refractivity contribution in [3.8, 4) is 0 Å². The average molecular weight is 446 g/mol. The minimum absolute atomic E-state index is 0.152. The maximum Gasteiger partial charge on any atom is 0.251 e. The van der Waals surface area contributed by atoms with Crippen molar-refractivity contribution in [1.29, 1.82) is 0 Å². The van der Waals surface area contributed by atoms with Crippen molar-refractivity contribution in [1.82, 2.24) is 15.6 Å². The molecule has 0 saturated heterocycles. The van der Waals surface area contributed by atoms with E-state index in [9.17, 15) is 9.59 Å². The van der Waals surface area contributed by atoms with Crippen molar-refractivity contribution >= 4 is 34.3 Å². The molecule has 0 spiro atoms. The molecule has 6 heteroatoms. The summed E-state index contributed by atoms with van der Waals surface area (Å²) in [7, 11) is 0. The lowest BCUT2D eigenvalue weighted by Crippen LogP contribution is -2.45. The van der Waals surface area contributed by atoms with E-state index in [0.29, 0.717) is 17.1 Å². The van der Waals surface area contributed by atoms with Crippen LogP contribution < -0.4 is 10.6 Å². The summed E-state index contributed by atoms with van der Waals surface area (Å²) in [6.07, 6.45) is 1.96. The average Bonchev–Trinajstić information content (AvgIpc) is 3.24. The molecule has 0 aliphatic heterocycles. The third kappa shape index (κ3) is 4.68. The number of para-hydroxylation sites is 1. The molecule has 2 unspecified atom stereocenters. The maximum absolute atomic E-state index is 12.8. The number of amides is 2. The summed E-state index contributed by atoms with van der Waals surface area (Å²) in [5.74, 6) is -0.695. The van der Waals surface area contributed by atoms with Crippen molar-refractivity contribution in [2.75, 3.05) is 6.54 Å². The normalized spacial score (nSPS) is 12.8. The van der Waals surface area contributed by atoms with Crippen molar-refractivity contribution in [2.45, 2.75) is 18.9 Å². The number of fused-ring (bicyclic) bond motifs is 1. The van der Waals surface area contributed by atoms with Gasteiger partial charge in [0.1, 0.15) is 6.04 Å². The second-order valence-corrected chi connectivity index (χ2v) is 8.08. The highest BCUT2D eigenvalue weighted by Gasteiger charge is 2.23. The van der Waals surface area contributed by atoms with Crippen LogP contribution in [0.3, 0.4) is 0 Å². The number of rotatable bonds is 7. The van der Waals surface area contributed by atoms with E-state index in [1.165, 1.54) is 0 Å². The number of carbonyl (C=O) groups is 2. The molecule has 0 aliphatic carbocycles. The van der Waals surface area contributed by atoms with Gasteiger partial charge in [-0.3, -0.25) is 9.59 Å². The lowest BCUT2D eigenvalue weighted by Gasteiger charge is -2.21. The Hall–Kier alpha value is -3.57. The molecule has 2 amide bonds. The summed E-state index contributed by atoms with van der Waals surface area (Å²) in [6.45, 7) is 2.02. The van der Waals surface area contributed by atoms with E-state index >= 15 is 0 Å². The molecule has 32 heavy (non-hydrogen) atoms. The Morgan fingerprint density at radius 1 is 0.906 bits per heavy atom. The molecule has 0 radical (unpaired) electrons. The first-order chi connectivity index (χ1) is 15.5. The monoisotopic (exact) mass is 445 g/mol. The zero-order chi connectivity index (χ0) is 22.5. The van der Waals surface area contributed by atoms with E-state index in [1.54, 1.807) is 31.2 Å². The first-order valence-corrected chi connectivity index (χ1v) is 10.9. The third-order valence-electron chi connectivity index (χ3n) is 5.53. The smallest absolute Gasteiger partial charge is 0.251 e. The Labute approximate surface area is 191 Å². The van der Waals surface area contributed by atoms with Gasteiger partial charge in [0.25, 0.3) is 5.91 Å². The number of H-pyrrole nitrogens is 1. The van der Waals surface area contributed by atoms with Gasteiger partial charge in [-0.05, 0) is 42.3 Å². The standard InChI is InChI=1S/C26H24ClN3O2/c1-17(30-26(32)18-9-3-2-4-10-18)25(31)29-16-21(19-11-5-7-13-23(19)27)22-15-28-24-14-8-6-12-20(22)24/h2-15,17,21,28H,16H2,1H3,(H,29,31)(H,30,32). The molecule has 0 saturated carbocycles. The Kier molecular flexibility index (Phi) is 6.57. The molecule has 0 aliphatic rings. The first kappa shape index (κ1) is 21.7. The molecule has 4 aromatic rings. The van der Waals surface area contributed by atoms with Crippen molar-refractivity contribution in [3.05, 3.63) is 107 Å². The molecule has 5 nitrogen and oxygen atoms in total. The molecule has 0 bridgehead atoms. The van der Waals surface area contributed by atoms with Crippen LogP contribution in [0.15, 0.2) is 85.1 Å². The Bertz CT molecular complexity index is 1240. The lowest BCUT2D eigenvalue weighted by molar-refractivity contribution is -0.122. The first-order valence-electron chi connectivity index (χ1n) is 10.5. The fraction of sp³-hybridized carbons (Fsp3) is 0.154. The minimum Gasteiger partial charge on any atom is -0.361 e. The van der Waals surface area contributed by atoms with E-state index < -0.39 is 6.04 Å². The molecule has 4 rings (SSSR count). The van der Waals surface area contributed by atoms with Crippen molar-refractivity contribution < 1.29 is 9.59 Å². The van der Waals surface area contributed by atoms with Crippen LogP contribution in [0.2, 0.25) is 5.02 Å². The minimum atomic E-state index is -0.683. The van der Waals surface area contributed by atoms with Crippen LogP contribution in [0.25, 0.3) is 10.9 Å². The molecular formula is C26H24ClN3O2. The van der Waals surface area contributed by atoms with Gasteiger partial charge >= 0.3 is 0 Å². The lowest BCUT2D eigenvalue weighted by atomic mass is 9.90. The number of hydrogen-bond donors (Lipinski definition) is 3. The highest BCUT2D eigenvalue weighted by atomic mass is 35.5. The third-order valence-corrected chi connectivity index (χ3v) is 5.88. The molecule has 3 N–H and O–H groups in total. The van der Waals surface area contributed by atoms with Gasteiger partial charge in [0.2, 0.25) is 5.91 Å². The summed E-state index contributed by atoms with van der Waals surface area (Å²) in [5, 5.41) is 7.47. The van der Waals surface area contributed by atoms with Crippen LogP contribution in [0.4, 0.5) is 0 Å². The fourth-order valence-corrected chi connectivity index (χ4v) is 4.09. The van der Waals surface area contributed by atoms with E-state index in [-0.39, 0.29) is 17.7 Å². The fourth-order valence-electron chi connectivity index (χ4n) is 3.82. The number of hydrogen-bond acceptors (Lipinski definition) is 2. The zero-order valence-corrected chi connectivity index (χ0v) is 18.4. The van der Waals surface area contributed by atoms with Crippen LogP contribution in [0.1, 0.15) is 34.3 Å². The largest absolute Gasteiger partial charge is 0.361 e. The number of nitrogens with one attached hydrogen (secondary N) is 3. The van der Waals surface area contributed by atoms with Gasteiger partial charge in [-0.1, -0.05) is 66.2 Å². The quantitative estimate of drug-likeness (QED) is 0.379. The van der Waals surface area contributed by atoms with Gasteiger partial charge in [0.05, 0.1) is 0 Å². The number of aromatic nitrogens is 1. The van der Waals surface area contributed by atoms with E-state index in [0.717, 1.165) is 22.0 Å². The van der Waals surface area contributed by atoms with Gasteiger partial charge in [-0.2, -0.15) is 0 Å². The second-order valence-electron chi connectivity index (χ2n) is 7.67. The summed E-state index contributed by atoms with van der Waals surface area (Å²) < 4.78 is 0. The highest BCUT2D eigenvalue weighted by molar-refractivity contribution is 6.31. The van der Waals surface area contributed by atoms with Crippen LogP contribution in [0, 0.1) is 0 Å². The zero-order valence-electron chi connectivity index (χ0n) is 17.6. The molecule has 162 valence electrons. The van der Waals surface area contributed by atoms with Gasteiger partial charge in [0.15, 0.2) is 0 Å². The number of halogens is 1. The van der Waals surface area contributed by atoms with Crippen LogP contribution >= 0.6 is 11.6 Å². The van der Waals surface area contributed by atoms with E-state index in [1.807, 2.05) is 54.7 Å². The highest BCUT2D eigenvalue weighted by Crippen LogP contribution is 2.34. The van der Waals surface area contributed by atoms with Gasteiger partial charge < -0.3 is 15.6 Å². The number of aromatic amines is 1. The van der Waals surface area contributed by atoms with Gasteiger partial charge in [-0.15, -0.1) is 0 Å². The molecule has 3 aromatic carbocycles. The molecule has 0 fully saturated rings. The Morgan fingerprint density at radius 2 is 1.59 bits per heavy atom. The predicted molar refractivity (Wildman–Crippen MR) is 128 cm³/mol. The summed E-state index contributed by atoms with van der Waals surface area (Å²) in [6, 6.07) is 23.8. The van der Waals surface area contributed by atoms with Crippen LogP contribution in [-0.4, -0.2) is 29.4 Å². The molecular weight excluding hydrogens is 422 g/mol. The Morgan fingerprint density at radius 3 is 2.38 bits per heavy atom. The number of carbonyl (C=O) groups excluding carboxylic acids is 2. The molecule has 1 heterocycles. The predicted octanol–water partition coefficient (Wildman–Crippen LogP) is 4.89. The molecule has 2 atom stereocenters. The van der Waals surface area contributed by atoms with Crippen molar-refractivity contribution in [2.24, 2.45) is 0 Å². The SMILES string of the molecule is CC(NC(=O)c1ccccc1)C(=O)NCC(c1ccccc1Cl)c1c[nH]c2ccccc12. The Balaban J connectivity index is 1.52. The van der Waals surface area contributed by atoms with Crippen LogP contribution in [0.5, 0.6) is 0 Å². The summed E-state index contributed by atoms with van der Waals surface area (Å²) in [5.41, 5.74) is 3.52. The maximum atomic E-state index is 12.8. The van der Waals surface area contributed by atoms with Crippen LogP contribution in [-0.2, 0) is 4.79 Å². The van der Waals surface area contributed by atoms with E-state index in [4.69, 9.17) is 11.6 Å². The molecule has 1 aromatic heterocycles. The van der Waals surface area contributed by atoms with Gasteiger partial charge in [0, 0.05) is 40.1 Å². The topological polar surface area (TPSA) is 74.0 Å². The van der Waals surface area contributed by atoms with E-state index in [2.05, 4.69) is 21.7 Å².